The second-order valence-electron chi connectivity index (χ2n) is 0.0816. The Kier molecular flexibility index (Phi) is 491. The molecule has 0 amide bonds. The van der Waals surface area contributed by atoms with Crippen molar-refractivity contribution in [2.75, 3.05) is 0 Å². The summed E-state index contributed by atoms with van der Waals surface area (Å²) in [6.07, 6.45) is 0. The normalized spacial score (nSPS) is 2.75. The van der Waals surface area contributed by atoms with Crippen LogP contribution in [0.5, 0.6) is 0 Å². The van der Waals surface area contributed by atoms with Crippen LogP contribution in [0.2, 0.25) is 0 Å². The van der Waals surface area contributed by atoms with Gasteiger partial charge in [-0.3, -0.25) is 0 Å². The number of hydrogen-bond donors (Lipinski definition) is 2. The standard InChI is InChI=1S/CH2O.Na.H2O2S.2H2O.H/c1-2;;1-3-2;;;/h1H2;;1-2H;2*1H2;. The Balaban J connectivity index is -0.00000000567. The van der Waals surface area contributed by atoms with Gasteiger partial charge >= 0.3 is 29.6 Å². The molecule has 8 heavy (non-hydrogen) atoms. The summed E-state index contributed by atoms with van der Waals surface area (Å²) >= 11 is -0.250. The van der Waals surface area contributed by atoms with Crippen LogP contribution in [0, 0.1) is 0 Å². The zero-order chi connectivity index (χ0) is 4.71. The van der Waals surface area contributed by atoms with E-state index in [0.29, 0.717) is 0 Å². The number of rotatable bonds is 0. The molecule has 5 nitrogen and oxygen atoms in total. The third-order valence-corrected chi connectivity index (χ3v) is 0. The Morgan fingerprint density at radius 1 is 1.12 bits per heavy atom. The molecule has 0 heterocycles. The monoisotopic (exact) mass is 156 g/mol. The fourth-order valence-electron chi connectivity index (χ4n) is 0. The van der Waals surface area contributed by atoms with Crippen LogP contribution in [-0.4, -0.2) is 56.4 Å². The molecule has 0 radical (unpaired) electrons. The third kappa shape index (κ3) is 319. The van der Waals surface area contributed by atoms with Crippen LogP contribution in [0.15, 0.2) is 0 Å². The number of carbonyl (C=O) groups is 1. The van der Waals surface area contributed by atoms with Crippen molar-refractivity contribution < 1.29 is 24.9 Å². The molecular weight excluding hydrogens is 147 g/mol. The van der Waals surface area contributed by atoms with E-state index < -0.39 is 0 Å². The molecule has 0 aliphatic carbocycles. The molecule has 0 spiro atoms. The minimum absolute atomic E-state index is 0. The summed E-state index contributed by atoms with van der Waals surface area (Å²) < 4.78 is 14.1. The van der Waals surface area contributed by atoms with E-state index in [0.717, 1.165) is 0 Å². The Morgan fingerprint density at radius 2 is 1.12 bits per heavy atom. The van der Waals surface area contributed by atoms with E-state index in [1.807, 2.05) is 6.79 Å². The van der Waals surface area contributed by atoms with Crippen molar-refractivity contribution in [3.05, 3.63) is 0 Å². The summed E-state index contributed by atoms with van der Waals surface area (Å²) in [6.45, 7) is 2.00. The molecule has 0 fully saturated rings. The molecule has 0 aliphatic heterocycles. The Hall–Kier alpha value is 0.860. The fourth-order valence-corrected chi connectivity index (χ4v) is 0. The van der Waals surface area contributed by atoms with Gasteiger partial charge in [-0.05, 0) is 0 Å². The molecule has 0 bridgehead atoms. The molecule has 0 saturated carbocycles. The van der Waals surface area contributed by atoms with Crippen molar-refractivity contribution >= 4 is 48.7 Å². The number of carbonyl (C=O) groups excluding carboxylic acids is 1. The average Bonchev–Trinajstić information content (AvgIpc) is 1.46. The van der Waals surface area contributed by atoms with Crippen LogP contribution >= 0.6 is 12.3 Å². The third-order valence-electron chi connectivity index (χ3n) is 0. The van der Waals surface area contributed by atoms with Gasteiger partial charge in [0, 0.05) is 0 Å². The quantitative estimate of drug-likeness (QED) is 0.317. The van der Waals surface area contributed by atoms with E-state index in [9.17, 15) is 0 Å². The maximum atomic E-state index is 8.00. The van der Waals surface area contributed by atoms with E-state index in [1.165, 1.54) is 0 Å². The summed E-state index contributed by atoms with van der Waals surface area (Å²) in [7, 11) is 0. The molecule has 0 saturated heterocycles. The molecule has 50 valence electrons. The molecular formula is CH9NaO5S. The SMILES string of the molecule is C=O.O.O.OSO.[NaH]. The zero-order valence-corrected chi connectivity index (χ0v) is 4.23. The summed E-state index contributed by atoms with van der Waals surface area (Å²) in [5.74, 6) is 0. The molecule has 0 aliphatic rings. The summed E-state index contributed by atoms with van der Waals surface area (Å²) in [6, 6.07) is 0. The Labute approximate surface area is 73.4 Å². The van der Waals surface area contributed by atoms with Gasteiger partial charge in [0.25, 0.3) is 0 Å². The molecule has 7 heteroatoms. The van der Waals surface area contributed by atoms with E-state index in [-0.39, 0.29) is 52.8 Å². The first kappa shape index (κ1) is 36.7. The second kappa shape index (κ2) is 107. The summed E-state index contributed by atoms with van der Waals surface area (Å²) in [4.78, 5) is 8.00. The van der Waals surface area contributed by atoms with Crippen LogP contribution in [0.25, 0.3) is 0 Å². The van der Waals surface area contributed by atoms with E-state index in [4.69, 9.17) is 13.9 Å². The molecule has 6 N–H and O–H groups in total. The summed E-state index contributed by atoms with van der Waals surface area (Å²) in [5, 5.41) is 0. The van der Waals surface area contributed by atoms with Gasteiger partial charge in [0.15, 0.2) is 12.3 Å². The van der Waals surface area contributed by atoms with Gasteiger partial charge in [-0.25, -0.2) is 0 Å². The molecule has 0 aromatic carbocycles. The summed E-state index contributed by atoms with van der Waals surface area (Å²) in [5.41, 5.74) is 0. The van der Waals surface area contributed by atoms with Crippen LogP contribution < -0.4 is 0 Å². The predicted octanol–water partition coefficient (Wildman–Crippen LogP) is -1.82. The maximum absolute atomic E-state index is 8.00. The first-order chi connectivity index (χ1) is 2.41. The molecule has 0 aromatic heterocycles. The van der Waals surface area contributed by atoms with Gasteiger partial charge in [0.2, 0.25) is 0 Å². The zero-order valence-electron chi connectivity index (χ0n) is 3.42. The van der Waals surface area contributed by atoms with E-state index >= 15 is 0 Å². The first-order valence-electron chi connectivity index (χ1n) is 0.654. The van der Waals surface area contributed by atoms with Crippen molar-refractivity contribution in [3.63, 3.8) is 0 Å². The van der Waals surface area contributed by atoms with Crippen molar-refractivity contribution in [1.29, 1.82) is 0 Å². The number of hydrogen-bond acceptors (Lipinski definition) is 4. The van der Waals surface area contributed by atoms with Crippen molar-refractivity contribution in [2.24, 2.45) is 0 Å². The van der Waals surface area contributed by atoms with E-state index in [2.05, 4.69) is 0 Å². The molecule has 0 aromatic rings. The molecule has 0 unspecified atom stereocenters. The average molecular weight is 156 g/mol. The first-order valence-corrected chi connectivity index (χ1v) is 1.38. The van der Waals surface area contributed by atoms with Gasteiger partial charge < -0.3 is 24.9 Å². The van der Waals surface area contributed by atoms with Crippen LogP contribution in [0.1, 0.15) is 0 Å². The van der Waals surface area contributed by atoms with Gasteiger partial charge in [-0.15, -0.1) is 0 Å². The van der Waals surface area contributed by atoms with Crippen LogP contribution in [-0.2, 0) is 4.79 Å². The van der Waals surface area contributed by atoms with Crippen LogP contribution in [0.4, 0.5) is 0 Å². The van der Waals surface area contributed by atoms with Gasteiger partial charge in [-0.1, -0.05) is 0 Å². The predicted molar refractivity (Wildman–Crippen MR) is 34.3 cm³/mol. The van der Waals surface area contributed by atoms with Crippen LogP contribution in [0.3, 0.4) is 0 Å². The fraction of sp³-hybridized carbons (Fsp3) is 0. The van der Waals surface area contributed by atoms with Gasteiger partial charge in [-0.2, -0.15) is 0 Å². The van der Waals surface area contributed by atoms with Gasteiger partial charge in [0.05, 0.1) is 0 Å². The van der Waals surface area contributed by atoms with Gasteiger partial charge in [0.1, 0.15) is 6.79 Å². The topological polar surface area (TPSA) is 121 Å². The molecule has 0 atom stereocenters. The van der Waals surface area contributed by atoms with E-state index in [1.54, 1.807) is 0 Å². The van der Waals surface area contributed by atoms with Crippen molar-refractivity contribution in [1.82, 2.24) is 0 Å². The second-order valence-corrected chi connectivity index (χ2v) is 0.245. The Morgan fingerprint density at radius 3 is 1.12 bits per heavy atom. The Bertz CT molecular complexity index is 16.4. The van der Waals surface area contributed by atoms with Crippen molar-refractivity contribution in [2.45, 2.75) is 0 Å². The molecule has 0 rings (SSSR count). The van der Waals surface area contributed by atoms with Crippen molar-refractivity contribution in [3.8, 4) is 0 Å². The minimum atomic E-state index is -0.250.